The van der Waals surface area contributed by atoms with Crippen LogP contribution in [0.15, 0.2) is 42.5 Å². The molecular weight excluding hydrogens is 367 g/mol. The summed E-state index contributed by atoms with van der Waals surface area (Å²) in [5.74, 6) is 0.213. The molecule has 0 aromatic heterocycles. The summed E-state index contributed by atoms with van der Waals surface area (Å²) in [5, 5.41) is 4.29. The zero-order valence-corrected chi connectivity index (χ0v) is 16.5. The molecule has 0 unspecified atom stereocenters. The Morgan fingerprint density at radius 1 is 1.12 bits per heavy atom. The highest BCUT2D eigenvalue weighted by molar-refractivity contribution is 6.42. The maximum absolute atomic E-state index is 12.6. The lowest BCUT2D eigenvalue weighted by atomic mass is 9.95. The average Bonchev–Trinajstić information content (AvgIpc) is 2.66. The van der Waals surface area contributed by atoms with Crippen molar-refractivity contribution in [1.82, 2.24) is 4.90 Å². The Bertz CT molecular complexity index is 770. The molecule has 5 heteroatoms. The van der Waals surface area contributed by atoms with Crippen LogP contribution in [0.3, 0.4) is 0 Å². The predicted octanol–water partition coefficient (Wildman–Crippen LogP) is 5.41. The molecule has 1 fully saturated rings. The lowest BCUT2D eigenvalue weighted by Gasteiger charge is -2.31. The van der Waals surface area contributed by atoms with Crippen LogP contribution in [0.4, 0.5) is 5.69 Å². The third kappa shape index (κ3) is 4.79. The molecule has 138 valence electrons. The van der Waals surface area contributed by atoms with E-state index in [1.165, 1.54) is 5.56 Å². The highest BCUT2D eigenvalue weighted by Gasteiger charge is 2.25. The van der Waals surface area contributed by atoms with Crippen LogP contribution in [0.2, 0.25) is 10.0 Å². The maximum Gasteiger partial charge on any atom is 0.227 e. The molecular formula is C21H24Cl2N2O. The molecule has 2 aromatic rings. The Kier molecular flexibility index (Phi) is 6.58. The van der Waals surface area contributed by atoms with E-state index in [1.807, 2.05) is 36.4 Å². The van der Waals surface area contributed by atoms with E-state index >= 15 is 0 Å². The van der Waals surface area contributed by atoms with Crippen molar-refractivity contribution in [2.45, 2.75) is 32.7 Å². The van der Waals surface area contributed by atoms with Crippen LogP contribution in [0.25, 0.3) is 0 Å². The van der Waals surface area contributed by atoms with Crippen LogP contribution in [0.1, 0.15) is 30.9 Å². The molecule has 0 saturated carbocycles. The van der Waals surface area contributed by atoms with E-state index in [2.05, 4.69) is 23.2 Å². The minimum Gasteiger partial charge on any atom is -0.326 e. The summed E-state index contributed by atoms with van der Waals surface area (Å²) in [7, 11) is 0. The van der Waals surface area contributed by atoms with Gasteiger partial charge in [0.25, 0.3) is 0 Å². The van der Waals surface area contributed by atoms with Gasteiger partial charge in [-0.25, -0.2) is 0 Å². The van der Waals surface area contributed by atoms with E-state index in [1.54, 1.807) is 0 Å². The van der Waals surface area contributed by atoms with Gasteiger partial charge in [0.05, 0.1) is 10.0 Å². The predicted molar refractivity (Wildman–Crippen MR) is 109 cm³/mol. The second-order valence-corrected chi connectivity index (χ2v) is 7.61. The molecule has 0 atom stereocenters. The number of nitrogens with one attached hydrogen (secondary N) is 1. The Hall–Kier alpha value is -1.55. The first-order valence-electron chi connectivity index (χ1n) is 9.12. The van der Waals surface area contributed by atoms with Gasteiger partial charge in [0.1, 0.15) is 0 Å². The van der Waals surface area contributed by atoms with Crippen molar-refractivity contribution >= 4 is 34.8 Å². The van der Waals surface area contributed by atoms with Crippen LogP contribution < -0.4 is 5.32 Å². The van der Waals surface area contributed by atoms with E-state index < -0.39 is 0 Å². The van der Waals surface area contributed by atoms with Crippen LogP contribution in [0, 0.1) is 5.92 Å². The van der Waals surface area contributed by atoms with Crippen LogP contribution in [-0.2, 0) is 17.8 Å². The quantitative estimate of drug-likeness (QED) is 0.740. The number of likely N-dealkylation sites (tertiary alicyclic amines) is 1. The van der Waals surface area contributed by atoms with Gasteiger partial charge in [0.15, 0.2) is 0 Å². The molecule has 3 rings (SSSR count). The van der Waals surface area contributed by atoms with E-state index in [4.69, 9.17) is 23.2 Å². The number of carbonyl (C=O) groups excluding carboxylic acids is 1. The monoisotopic (exact) mass is 390 g/mol. The van der Waals surface area contributed by atoms with Gasteiger partial charge in [0.2, 0.25) is 5.91 Å². The van der Waals surface area contributed by atoms with Crippen molar-refractivity contribution < 1.29 is 4.79 Å². The van der Waals surface area contributed by atoms with Gasteiger partial charge in [-0.1, -0.05) is 54.4 Å². The van der Waals surface area contributed by atoms with Gasteiger partial charge in [-0.15, -0.1) is 0 Å². The van der Waals surface area contributed by atoms with Gasteiger partial charge in [-0.3, -0.25) is 9.69 Å². The molecule has 1 aliphatic rings. The number of piperidine rings is 1. The molecule has 3 nitrogen and oxygen atoms in total. The summed E-state index contributed by atoms with van der Waals surface area (Å²) in [6, 6.07) is 13.8. The van der Waals surface area contributed by atoms with Gasteiger partial charge < -0.3 is 5.32 Å². The summed E-state index contributed by atoms with van der Waals surface area (Å²) in [6.07, 6.45) is 2.67. The topological polar surface area (TPSA) is 32.3 Å². The Morgan fingerprint density at radius 2 is 1.85 bits per heavy atom. The minimum absolute atomic E-state index is 0.0740. The van der Waals surface area contributed by atoms with Crippen LogP contribution >= 0.6 is 23.2 Å². The van der Waals surface area contributed by atoms with Gasteiger partial charge in [-0.2, -0.15) is 0 Å². The first kappa shape index (κ1) is 19.2. The normalized spacial score (nSPS) is 15.8. The number of benzene rings is 2. The molecule has 1 saturated heterocycles. The first-order chi connectivity index (χ1) is 12.6. The summed E-state index contributed by atoms with van der Waals surface area (Å²) in [5.41, 5.74) is 3.27. The number of hydrogen-bond donors (Lipinski definition) is 1. The largest absolute Gasteiger partial charge is 0.326 e. The fourth-order valence-electron chi connectivity index (χ4n) is 3.43. The number of nitrogens with zero attached hydrogens (tertiary/aromatic N) is 1. The fourth-order valence-corrected chi connectivity index (χ4v) is 3.76. The molecule has 2 aromatic carbocycles. The van der Waals surface area contributed by atoms with Crippen molar-refractivity contribution in [3.63, 3.8) is 0 Å². The third-order valence-electron chi connectivity index (χ3n) is 5.00. The summed E-state index contributed by atoms with van der Waals surface area (Å²) in [6.45, 7) is 4.76. The Morgan fingerprint density at radius 3 is 2.54 bits per heavy atom. The summed E-state index contributed by atoms with van der Waals surface area (Å²) >= 11 is 12.1. The maximum atomic E-state index is 12.6. The van der Waals surface area contributed by atoms with Crippen molar-refractivity contribution in [3.8, 4) is 0 Å². The zero-order valence-electron chi connectivity index (χ0n) is 15.0. The molecule has 1 aliphatic heterocycles. The van der Waals surface area contributed by atoms with Gasteiger partial charge >= 0.3 is 0 Å². The molecule has 26 heavy (non-hydrogen) atoms. The van der Waals surface area contributed by atoms with Crippen molar-refractivity contribution in [3.05, 3.63) is 63.6 Å². The number of aryl methyl sites for hydroxylation is 1. The Balaban J connectivity index is 1.53. The lowest BCUT2D eigenvalue weighted by molar-refractivity contribution is -0.121. The number of amides is 1. The smallest absolute Gasteiger partial charge is 0.227 e. The second-order valence-electron chi connectivity index (χ2n) is 6.80. The van der Waals surface area contributed by atoms with Crippen molar-refractivity contribution in [2.24, 2.45) is 5.92 Å². The van der Waals surface area contributed by atoms with E-state index in [9.17, 15) is 4.79 Å². The van der Waals surface area contributed by atoms with Gasteiger partial charge in [0, 0.05) is 18.2 Å². The number of anilines is 1. The number of carbonyl (C=O) groups is 1. The van der Waals surface area contributed by atoms with Crippen LogP contribution in [0.5, 0.6) is 0 Å². The number of para-hydroxylation sites is 1. The highest BCUT2D eigenvalue weighted by Crippen LogP contribution is 2.26. The Labute approximate surface area is 165 Å². The highest BCUT2D eigenvalue weighted by atomic mass is 35.5. The van der Waals surface area contributed by atoms with E-state index in [0.29, 0.717) is 10.0 Å². The number of hydrogen-bond acceptors (Lipinski definition) is 2. The zero-order chi connectivity index (χ0) is 18.5. The number of rotatable bonds is 5. The average molecular weight is 391 g/mol. The third-order valence-corrected chi connectivity index (χ3v) is 5.74. The molecule has 0 aliphatic carbocycles. The molecule has 1 amide bonds. The van der Waals surface area contributed by atoms with Crippen molar-refractivity contribution in [2.75, 3.05) is 18.4 Å². The minimum atomic E-state index is 0.0740. The van der Waals surface area contributed by atoms with Crippen LogP contribution in [-0.4, -0.2) is 23.9 Å². The van der Waals surface area contributed by atoms with E-state index in [-0.39, 0.29) is 11.8 Å². The SMILES string of the molecule is CCc1ccccc1NC(=O)C1CCN(Cc2ccc(Cl)c(Cl)c2)CC1. The first-order valence-corrected chi connectivity index (χ1v) is 9.87. The molecule has 1 N–H and O–H groups in total. The second kappa shape index (κ2) is 8.90. The molecule has 0 spiro atoms. The van der Waals surface area contributed by atoms with Crippen molar-refractivity contribution in [1.29, 1.82) is 0 Å². The molecule has 1 heterocycles. The molecule has 0 bridgehead atoms. The molecule has 0 radical (unpaired) electrons. The summed E-state index contributed by atoms with van der Waals surface area (Å²) < 4.78 is 0. The summed E-state index contributed by atoms with van der Waals surface area (Å²) in [4.78, 5) is 15.0. The lowest BCUT2D eigenvalue weighted by Crippen LogP contribution is -2.37. The van der Waals surface area contributed by atoms with E-state index in [0.717, 1.165) is 50.1 Å². The standard InChI is InChI=1S/C21H24Cl2N2O/c1-2-16-5-3-4-6-20(16)24-21(26)17-9-11-25(12-10-17)14-15-7-8-18(22)19(23)13-15/h3-8,13,17H,2,9-12,14H2,1H3,(H,24,26). The van der Waals surface area contributed by atoms with Gasteiger partial charge in [-0.05, 0) is 61.7 Å². The number of halogens is 2. The fraction of sp³-hybridized carbons (Fsp3) is 0.381.